The van der Waals surface area contributed by atoms with E-state index in [1.807, 2.05) is 37.1 Å². The Hall–Kier alpha value is -2.37. The maximum Gasteiger partial charge on any atom is 0.332 e. The molecule has 1 aromatic carbocycles. The largest absolute Gasteiger partial charge is 0.460 e. The summed E-state index contributed by atoms with van der Waals surface area (Å²) in [5.41, 5.74) is 0.575. The number of carbonyl (C=O) groups is 1. The van der Waals surface area contributed by atoms with E-state index in [0.29, 0.717) is 40.9 Å². The van der Waals surface area contributed by atoms with Crippen molar-refractivity contribution in [2.75, 3.05) is 5.01 Å². The van der Waals surface area contributed by atoms with E-state index in [1.54, 1.807) is 10.7 Å². The Balaban J connectivity index is 1.59. The summed E-state index contributed by atoms with van der Waals surface area (Å²) >= 11 is 0. The molecule has 6 heteroatoms. The van der Waals surface area contributed by atoms with Gasteiger partial charge in [0.05, 0.1) is 16.9 Å². The van der Waals surface area contributed by atoms with Gasteiger partial charge in [-0.25, -0.2) is 14.5 Å². The molecule has 0 amide bonds. The molecule has 2 fully saturated rings. The number of carbonyl (C=O) groups excluding carboxylic acids is 1. The first-order chi connectivity index (χ1) is 14.3. The van der Waals surface area contributed by atoms with Crippen molar-refractivity contribution in [3.8, 4) is 0 Å². The second kappa shape index (κ2) is 8.05. The van der Waals surface area contributed by atoms with Crippen LogP contribution in [0.25, 0.3) is 10.9 Å². The molecule has 2 aromatic rings. The summed E-state index contributed by atoms with van der Waals surface area (Å²) in [7, 11) is 0. The first-order valence-electron chi connectivity index (χ1n) is 11.3. The molecular weight excluding hydrogens is 378 g/mol. The highest BCUT2D eigenvalue weighted by Gasteiger charge is 2.53. The van der Waals surface area contributed by atoms with Crippen LogP contribution >= 0.6 is 0 Å². The third-order valence-corrected chi connectivity index (χ3v) is 6.91. The molecule has 1 aliphatic heterocycles. The van der Waals surface area contributed by atoms with Gasteiger partial charge in [0.2, 0.25) is 0 Å². The van der Waals surface area contributed by atoms with Crippen LogP contribution in [0.5, 0.6) is 0 Å². The Kier molecular flexibility index (Phi) is 5.60. The molecule has 2 heterocycles. The standard InChI is InChI=1S/C24H33N3O3/c1-6-21-25-19-10-8-7-9-18(19)23(28)27(21)26-16(5)22(26)24(29)30-20-13-15(4)11-12-17(20)14(2)3/h7-10,14-17,20,22H,6,11-13H2,1-5H3/t15-,16-,17+,20-,22+,26?/m1/s1. The van der Waals surface area contributed by atoms with Crippen LogP contribution < -0.4 is 10.6 Å². The number of para-hydroxylation sites is 1. The van der Waals surface area contributed by atoms with Crippen LogP contribution in [0, 0.1) is 17.8 Å². The van der Waals surface area contributed by atoms with E-state index in [-0.39, 0.29) is 23.7 Å². The van der Waals surface area contributed by atoms with Gasteiger partial charge in [-0.1, -0.05) is 46.2 Å². The lowest BCUT2D eigenvalue weighted by atomic mass is 9.75. The van der Waals surface area contributed by atoms with Gasteiger partial charge in [0, 0.05) is 6.42 Å². The minimum atomic E-state index is -0.430. The van der Waals surface area contributed by atoms with Crippen molar-refractivity contribution in [2.45, 2.75) is 78.5 Å². The third-order valence-electron chi connectivity index (χ3n) is 6.91. The summed E-state index contributed by atoms with van der Waals surface area (Å²) in [6.45, 7) is 10.6. The number of hydrogen-bond acceptors (Lipinski definition) is 5. The number of nitrogens with zero attached hydrogens (tertiary/aromatic N) is 3. The van der Waals surface area contributed by atoms with Crippen LogP contribution in [-0.2, 0) is 16.0 Å². The normalized spacial score (nSPS) is 28.7. The molecule has 1 saturated carbocycles. The van der Waals surface area contributed by atoms with Gasteiger partial charge in [-0.15, -0.1) is 0 Å². The fourth-order valence-electron chi connectivity index (χ4n) is 5.05. The highest BCUT2D eigenvalue weighted by molar-refractivity contribution is 5.85. The zero-order valence-electron chi connectivity index (χ0n) is 18.7. The van der Waals surface area contributed by atoms with Gasteiger partial charge in [-0.05, 0) is 49.7 Å². The Morgan fingerprint density at radius 3 is 2.67 bits per heavy atom. The predicted octanol–water partition coefficient (Wildman–Crippen LogP) is 3.67. The molecule has 5 atom stereocenters. The van der Waals surface area contributed by atoms with E-state index in [0.717, 1.165) is 12.8 Å². The lowest BCUT2D eigenvalue weighted by molar-refractivity contribution is -0.155. The quantitative estimate of drug-likeness (QED) is 0.555. The van der Waals surface area contributed by atoms with Crippen molar-refractivity contribution in [3.05, 3.63) is 40.4 Å². The first kappa shape index (κ1) is 20.9. The van der Waals surface area contributed by atoms with Crippen molar-refractivity contribution in [2.24, 2.45) is 17.8 Å². The molecule has 0 spiro atoms. The number of ether oxygens (including phenoxy) is 1. The van der Waals surface area contributed by atoms with Gasteiger partial charge in [-0.2, -0.15) is 0 Å². The Morgan fingerprint density at radius 2 is 1.97 bits per heavy atom. The number of aryl methyl sites for hydroxylation is 1. The lowest BCUT2D eigenvalue weighted by Crippen LogP contribution is -2.39. The van der Waals surface area contributed by atoms with E-state index >= 15 is 0 Å². The van der Waals surface area contributed by atoms with Gasteiger partial charge >= 0.3 is 5.97 Å². The fraction of sp³-hybridized carbons (Fsp3) is 0.625. The highest BCUT2D eigenvalue weighted by Crippen LogP contribution is 2.37. The zero-order valence-corrected chi connectivity index (χ0v) is 18.7. The average Bonchev–Trinajstić information content (AvgIpc) is 3.37. The van der Waals surface area contributed by atoms with Gasteiger partial charge in [0.25, 0.3) is 5.56 Å². The molecule has 1 aliphatic carbocycles. The van der Waals surface area contributed by atoms with Crippen LogP contribution in [0.3, 0.4) is 0 Å². The molecule has 0 radical (unpaired) electrons. The summed E-state index contributed by atoms with van der Waals surface area (Å²) < 4.78 is 7.67. The van der Waals surface area contributed by atoms with Crippen molar-refractivity contribution >= 4 is 16.9 Å². The number of esters is 1. The van der Waals surface area contributed by atoms with Gasteiger partial charge in [0.1, 0.15) is 11.9 Å². The minimum absolute atomic E-state index is 0.0343. The Morgan fingerprint density at radius 1 is 1.23 bits per heavy atom. The second-order valence-electron chi connectivity index (χ2n) is 9.38. The third kappa shape index (κ3) is 3.61. The minimum Gasteiger partial charge on any atom is -0.460 e. The van der Waals surface area contributed by atoms with Crippen molar-refractivity contribution < 1.29 is 9.53 Å². The van der Waals surface area contributed by atoms with E-state index in [9.17, 15) is 9.59 Å². The lowest BCUT2D eigenvalue weighted by Gasteiger charge is -2.36. The summed E-state index contributed by atoms with van der Waals surface area (Å²) in [5, 5.41) is 2.40. The maximum atomic E-state index is 13.2. The molecule has 162 valence electrons. The van der Waals surface area contributed by atoms with Crippen molar-refractivity contribution in [1.82, 2.24) is 9.66 Å². The van der Waals surface area contributed by atoms with Crippen molar-refractivity contribution in [1.29, 1.82) is 0 Å². The molecule has 1 aromatic heterocycles. The number of hydrogen-bond donors (Lipinski definition) is 0. The fourth-order valence-corrected chi connectivity index (χ4v) is 5.05. The Bertz CT molecular complexity index is 999. The highest BCUT2D eigenvalue weighted by atomic mass is 16.5. The van der Waals surface area contributed by atoms with E-state index in [4.69, 9.17) is 4.74 Å². The van der Waals surface area contributed by atoms with Crippen LogP contribution in [-0.4, -0.2) is 33.8 Å². The van der Waals surface area contributed by atoms with E-state index in [1.165, 1.54) is 6.42 Å². The van der Waals surface area contributed by atoms with Crippen LogP contribution in [0.2, 0.25) is 0 Å². The van der Waals surface area contributed by atoms with E-state index in [2.05, 4.69) is 25.8 Å². The summed E-state index contributed by atoms with van der Waals surface area (Å²) in [4.78, 5) is 31.0. The monoisotopic (exact) mass is 411 g/mol. The van der Waals surface area contributed by atoms with Crippen LogP contribution in [0.15, 0.2) is 29.1 Å². The van der Waals surface area contributed by atoms with Gasteiger partial charge in [-0.3, -0.25) is 9.80 Å². The predicted molar refractivity (Wildman–Crippen MR) is 118 cm³/mol. The number of benzene rings is 1. The zero-order chi connectivity index (χ0) is 21.6. The Labute approximate surface area is 178 Å². The van der Waals surface area contributed by atoms with E-state index < -0.39 is 6.04 Å². The topological polar surface area (TPSA) is 64.2 Å². The molecule has 0 unspecified atom stereocenters. The average molecular weight is 412 g/mol. The second-order valence-corrected chi connectivity index (χ2v) is 9.38. The molecular formula is C24H33N3O3. The number of fused-ring (bicyclic) bond motifs is 1. The van der Waals surface area contributed by atoms with Crippen LogP contribution in [0.4, 0.5) is 0 Å². The summed E-state index contributed by atoms with van der Waals surface area (Å²) in [6, 6.07) is 6.86. The number of rotatable bonds is 5. The SMILES string of the molecule is CCc1nc2ccccc2c(=O)n1N1[C@H](C)[C@H]1C(=O)O[C@@H]1C[C@H](C)CC[C@H]1C(C)C. The molecule has 0 N–H and O–H groups in total. The van der Waals surface area contributed by atoms with Crippen molar-refractivity contribution in [3.63, 3.8) is 0 Å². The first-order valence-corrected chi connectivity index (χ1v) is 11.3. The molecule has 30 heavy (non-hydrogen) atoms. The van der Waals surface area contributed by atoms with Gasteiger partial charge in [0.15, 0.2) is 6.04 Å². The number of aromatic nitrogens is 2. The molecule has 6 nitrogen and oxygen atoms in total. The summed E-state index contributed by atoms with van der Waals surface area (Å²) in [6.07, 6.45) is 3.80. The van der Waals surface area contributed by atoms with Gasteiger partial charge < -0.3 is 4.74 Å². The molecule has 2 aliphatic rings. The molecule has 1 saturated heterocycles. The molecule has 0 bridgehead atoms. The summed E-state index contributed by atoms with van der Waals surface area (Å²) in [5.74, 6) is 1.93. The maximum absolute atomic E-state index is 13.2. The van der Waals surface area contributed by atoms with Crippen LogP contribution in [0.1, 0.15) is 59.7 Å². The smallest absolute Gasteiger partial charge is 0.332 e. The molecule has 4 rings (SSSR count).